The minimum atomic E-state index is -5.48. The highest BCUT2D eigenvalue weighted by Crippen LogP contribution is 2.25. The van der Waals surface area contributed by atoms with Gasteiger partial charge in [0, 0.05) is 0 Å². The van der Waals surface area contributed by atoms with Crippen LogP contribution in [0, 0.1) is 0 Å². The van der Waals surface area contributed by atoms with Gasteiger partial charge in [0.2, 0.25) is 0 Å². The summed E-state index contributed by atoms with van der Waals surface area (Å²) in [5.74, 6) is 0. The van der Waals surface area contributed by atoms with Crippen molar-refractivity contribution in [2.75, 3.05) is 0 Å². The Bertz CT molecular complexity index is 289. The summed E-state index contributed by atoms with van der Waals surface area (Å²) < 4.78 is 59.1. The summed E-state index contributed by atoms with van der Waals surface area (Å²) in [4.78, 5) is 0. The predicted molar refractivity (Wildman–Crippen MR) is 40.1 cm³/mol. The monoisotopic (exact) mass is 218 g/mol. The lowest BCUT2D eigenvalue weighted by atomic mass is 10.3. The molecule has 0 saturated carbocycles. The van der Waals surface area contributed by atoms with Gasteiger partial charge in [-0.3, -0.25) is 0 Å². The van der Waals surface area contributed by atoms with Gasteiger partial charge in [-0.05, 0) is 18.9 Å². The topological polar surface area (TPSA) is 43.4 Å². The van der Waals surface area contributed by atoms with Gasteiger partial charge in [-0.1, -0.05) is 6.92 Å². The fourth-order valence-electron chi connectivity index (χ4n) is 0.283. The standard InChI is InChI=1S/C6H9F3O3S/c1-3-5(2)4-12-13(10,11)6(7,8)9/h4H,3H2,1-2H3/b5-4+. The molecule has 0 aliphatic carbocycles. The first-order chi connectivity index (χ1) is 5.70. The van der Waals surface area contributed by atoms with Gasteiger partial charge in [-0.25, -0.2) is 0 Å². The lowest BCUT2D eigenvalue weighted by Gasteiger charge is -2.06. The average Bonchev–Trinajstić information content (AvgIpc) is 1.98. The van der Waals surface area contributed by atoms with Gasteiger partial charge >= 0.3 is 15.6 Å². The number of halogens is 3. The first-order valence-corrected chi connectivity index (χ1v) is 4.76. The van der Waals surface area contributed by atoms with Crippen molar-refractivity contribution in [3.63, 3.8) is 0 Å². The Hall–Kier alpha value is -0.720. The third-order valence-electron chi connectivity index (χ3n) is 1.22. The van der Waals surface area contributed by atoms with Crippen LogP contribution in [-0.2, 0) is 14.3 Å². The number of allylic oxidation sites excluding steroid dienone is 1. The Balaban J connectivity index is 4.57. The minimum Gasteiger partial charge on any atom is -0.384 e. The fourth-order valence-corrected chi connectivity index (χ4v) is 0.683. The smallest absolute Gasteiger partial charge is 0.384 e. The molecule has 0 aromatic carbocycles. The van der Waals surface area contributed by atoms with Crippen molar-refractivity contribution in [3.8, 4) is 0 Å². The van der Waals surface area contributed by atoms with Crippen molar-refractivity contribution in [1.82, 2.24) is 0 Å². The molecular formula is C6H9F3O3S. The molecule has 0 aromatic heterocycles. The molecule has 13 heavy (non-hydrogen) atoms. The van der Waals surface area contributed by atoms with Gasteiger partial charge in [0.15, 0.2) is 0 Å². The molecular weight excluding hydrogens is 209 g/mol. The SMILES string of the molecule is CC/C(C)=C/OS(=O)(=O)C(F)(F)F. The van der Waals surface area contributed by atoms with E-state index in [1.165, 1.54) is 6.92 Å². The highest BCUT2D eigenvalue weighted by atomic mass is 32.2. The van der Waals surface area contributed by atoms with Crippen molar-refractivity contribution in [1.29, 1.82) is 0 Å². The van der Waals surface area contributed by atoms with E-state index in [1.54, 1.807) is 6.92 Å². The zero-order valence-electron chi connectivity index (χ0n) is 7.05. The molecule has 0 spiro atoms. The minimum absolute atomic E-state index is 0.410. The second kappa shape index (κ2) is 3.99. The van der Waals surface area contributed by atoms with Crippen LogP contribution in [0.1, 0.15) is 20.3 Å². The van der Waals surface area contributed by atoms with E-state index in [0.717, 1.165) is 0 Å². The molecule has 0 heterocycles. The summed E-state index contributed by atoms with van der Waals surface area (Å²) in [6.07, 6.45) is 1.01. The van der Waals surface area contributed by atoms with Crippen molar-refractivity contribution >= 4 is 10.1 Å². The van der Waals surface area contributed by atoms with Gasteiger partial charge < -0.3 is 4.18 Å². The van der Waals surface area contributed by atoms with E-state index in [0.29, 0.717) is 18.3 Å². The molecule has 0 saturated heterocycles. The van der Waals surface area contributed by atoms with Crippen LogP contribution in [0.3, 0.4) is 0 Å². The highest BCUT2D eigenvalue weighted by molar-refractivity contribution is 7.87. The summed E-state index contributed by atoms with van der Waals surface area (Å²) in [5, 5.41) is 0. The van der Waals surface area contributed by atoms with Crippen LogP contribution >= 0.6 is 0 Å². The maximum atomic E-state index is 11.6. The normalized spacial score (nSPS) is 14.4. The zero-order chi connectivity index (χ0) is 10.7. The second-order valence-corrected chi connectivity index (χ2v) is 3.88. The molecule has 7 heteroatoms. The molecule has 0 radical (unpaired) electrons. The van der Waals surface area contributed by atoms with Gasteiger partial charge in [-0.15, -0.1) is 0 Å². The van der Waals surface area contributed by atoms with Crippen LogP contribution in [0.25, 0.3) is 0 Å². The van der Waals surface area contributed by atoms with Gasteiger partial charge in [-0.2, -0.15) is 21.6 Å². The molecule has 0 fully saturated rings. The number of hydrogen-bond donors (Lipinski definition) is 0. The van der Waals surface area contributed by atoms with Crippen molar-refractivity contribution in [3.05, 3.63) is 11.8 Å². The molecule has 0 bridgehead atoms. The predicted octanol–water partition coefficient (Wildman–Crippen LogP) is 2.17. The lowest BCUT2D eigenvalue weighted by Crippen LogP contribution is -2.23. The van der Waals surface area contributed by atoms with Crippen molar-refractivity contribution < 1.29 is 25.8 Å². The van der Waals surface area contributed by atoms with E-state index in [9.17, 15) is 21.6 Å². The van der Waals surface area contributed by atoms with Crippen LogP contribution in [0.2, 0.25) is 0 Å². The molecule has 0 amide bonds. The van der Waals surface area contributed by atoms with E-state index < -0.39 is 15.6 Å². The second-order valence-electron chi connectivity index (χ2n) is 2.31. The molecule has 78 valence electrons. The molecule has 0 atom stereocenters. The van der Waals surface area contributed by atoms with Crippen LogP contribution in [-0.4, -0.2) is 13.9 Å². The Morgan fingerprint density at radius 2 is 1.92 bits per heavy atom. The molecule has 0 unspecified atom stereocenters. The fraction of sp³-hybridized carbons (Fsp3) is 0.667. The third kappa shape index (κ3) is 3.67. The van der Waals surface area contributed by atoms with Crippen molar-refractivity contribution in [2.24, 2.45) is 0 Å². The summed E-state index contributed by atoms with van der Waals surface area (Å²) in [6, 6.07) is 0. The Labute approximate surface area is 74.3 Å². The lowest BCUT2D eigenvalue weighted by molar-refractivity contribution is -0.0515. The summed E-state index contributed by atoms with van der Waals surface area (Å²) in [6.45, 7) is 3.13. The zero-order valence-corrected chi connectivity index (χ0v) is 7.87. The van der Waals surface area contributed by atoms with Gasteiger partial charge in [0.25, 0.3) is 0 Å². The molecule has 0 aliphatic rings. The number of rotatable bonds is 3. The molecule has 0 rings (SSSR count). The first-order valence-electron chi connectivity index (χ1n) is 3.36. The highest BCUT2D eigenvalue weighted by Gasteiger charge is 2.47. The first kappa shape index (κ1) is 12.3. The van der Waals surface area contributed by atoms with Crippen LogP contribution in [0.5, 0.6) is 0 Å². The van der Waals surface area contributed by atoms with Gasteiger partial charge in [0.05, 0.1) is 0 Å². The summed E-state index contributed by atoms with van der Waals surface area (Å²) >= 11 is 0. The third-order valence-corrected chi connectivity index (χ3v) is 2.13. The van der Waals surface area contributed by atoms with Crippen LogP contribution < -0.4 is 0 Å². The maximum Gasteiger partial charge on any atom is 0.534 e. The summed E-state index contributed by atoms with van der Waals surface area (Å²) in [7, 11) is -5.48. The largest absolute Gasteiger partial charge is 0.534 e. The number of hydrogen-bond acceptors (Lipinski definition) is 3. The maximum absolute atomic E-state index is 11.6. The van der Waals surface area contributed by atoms with E-state index in [2.05, 4.69) is 4.18 Å². The number of alkyl halides is 3. The molecule has 0 aromatic rings. The summed E-state index contributed by atoms with van der Waals surface area (Å²) in [5.41, 5.74) is -4.95. The average molecular weight is 218 g/mol. The van der Waals surface area contributed by atoms with Crippen LogP contribution in [0.15, 0.2) is 11.8 Å². The van der Waals surface area contributed by atoms with E-state index in [4.69, 9.17) is 0 Å². The van der Waals surface area contributed by atoms with Crippen LogP contribution in [0.4, 0.5) is 13.2 Å². The quantitative estimate of drug-likeness (QED) is 0.414. The van der Waals surface area contributed by atoms with E-state index in [-0.39, 0.29) is 0 Å². The molecule has 3 nitrogen and oxygen atoms in total. The molecule has 0 N–H and O–H groups in total. The Kier molecular flexibility index (Phi) is 3.77. The van der Waals surface area contributed by atoms with E-state index in [1.807, 2.05) is 0 Å². The van der Waals surface area contributed by atoms with Gasteiger partial charge in [0.1, 0.15) is 6.26 Å². The van der Waals surface area contributed by atoms with Crippen molar-refractivity contribution in [2.45, 2.75) is 25.8 Å². The molecule has 0 aliphatic heterocycles. The Morgan fingerprint density at radius 1 is 1.46 bits per heavy atom. The van der Waals surface area contributed by atoms with E-state index >= 15 is 0 Å². The Morgan fingerprint density at radius 3 is 2.23 bits per heavy atom.